The first kappa shape index (κ1) is 13.1. The molecule has 0 fully saturated rings. The summed E-state index contributed by atoms with van der Waals surface area (Å²) in [6.07, 6.45) is 2.11. The molecule has 0 aliphatic heterocycles. The van der Waals surface area contributed by atoms with Gasteiger partial charge in [-0.3, -0.25) is 9.59 Å². The van der Waals surface area contributed by atoms with Crippen molar-refractivity contribution in [2.24, 2.45) is 0 Å². The summed E-state index contributed by atoms with van der Waals surface area (Å²) in [5.74, 6) is -1.19. The fourth-order valence-electron chi connectivity index (χ4n) is 1.34. The maximum absolute atomic E-state index is 11.3. The molecule has 0 spiro atoms. The zero-order valence-corrected chi connectivity index (χ0v) is 9.63. The Morgan fingerprint density at radius 2 is 2.29 bits per heavy atom. The molecule has 1 aromatic heterocycles. The molecule has 1 aromatic rings. The van der Waals surface area contributed by atoms with Crippen molar-refractivity contribution in [2.45, 2.75) is 32.7 Å². The smallest absolute Gasteiger partial charge is 0.311 e. The summed E-state index contributed by atoms with van der Waals surface area (Å²) in [7, 11) is 0. The highest BCUT2D eigenvalue weighted by molar-refractivity contribution is 5.71. The third-order valence-corrected chi connectivity index (χ3v) is 2.09. The van der Waals surface area contributed by atoms with Gasteiger partial charge in [0.25, 0.3) is 0 Å². The Morgan fingerprint density at radius 1 is 1.53 bits per heavy atom. The van der Waals surface area contributed by atoms with Crippen LogP contribution in [0.2, 0.25) is 0 Å². The molecular formula is C10H15N3O4. The molecule has 1 rings (SSSR count). The highest BCUT2D eigenvalue weighted by Gasteiger charge is 2.10. The van der Waals surface area contributed by atoms with Crippen molar-refractivity contribution < 1.29 is 19.4 Å². The first-order valence-electron chi connectivity index (χ1n) is 5.38. The quantitative estimate of drug-likeness (QED) is 0.687. The van der Waals surface area contributed by atoms with E-state index in [9.17, 15) is 9.59 Å². The number of hydrogen-bond acceptors (Lipinski definition) is 5. The van der Waals surface area contributed by atoms with Crippen molar-refractivity contribution in [1.82, 2.24) is 15.0 Å². The fraction of sp³-hybridized carbons (Fsp3) is 0.600. The van der Waals surface area contributed by atoms with Gasteiger partial charge < -0.3 is 9.84 Å². The van der Waals surface area contributed by atoms with Crippen LogP contribution in [-0.2, 0) is 27.3 Å². The summed E-state index contributed by atoms with van der Waals surface area (Å²) < 4.78 is 6.34. The molecule has 0 aromatic carbocycles. The Morgan fingerprint density at radius 3 is 2.94 bits per heavy atom. The van der Waals surface area contributed by atoms with Gasteiger partial charge in [-0.1, -0.05) is 5.21 Å². The Kier molecular flexibility index (Phi) is 5.12. The van der Waals surface area contributed by atoms with Gasteiger partial charge in [-0.2, -0.15) is 0 Å². The molecule has 0 saturated carbocycles. The Balaban J connectivity index is 2.47. The molecular weight excluding hydrogens is 226 g/mol. The van der Waals surface area contributed by atoms with E-state index in [2.05, 4.69) is 10.3 Å². The molecule has 1 N–H and O–H groups in total. The van der Waals surface area contributed by atoms with Crippen LogP contribution >= 0.6 is 0 Å². The number of nitrogens with zero attached hydrogens (tertiary/aromatic N) is 3. The standard InChI is InChI=1S/C10H15N3O4/c1-2-17-10(16)6-8-7-11-12-13(8)5-3-4-9(14)15/h7H,2-6H2,1H3,(H,14,15). The molecule has 1 heterocycles. The first-order chi connectivity index (χ1) is 8.13. The van der Waals surface area contributed by atoms with E-state index >= 15 is 0 Å². The van der Waals surface area contributed by atoms with Crippen LogP contribution in [0.3, 0.4) is 0 Å². The number of esters is 1. The Bertz CT molecular complexity index is 389. The summed E-state index contributed by atoms with van der Waals surface area (Å²) in [4.78, 5) is 21.6. The minimum Gasteiger partial charge on any atom is -0.481 e. The average Bonchev–Trinajstić information content (AvgIpc) is 2.65. The van der Waals surface area contributed by atoms with Crippen molar-refractivity contribution in [3.63, 3.8) is 0 Å². The predicted octanol–water partition coefficient (Wildman–Crippen LogP) is 0.248. The van der Waals surface area contributed by atoms with Gasteiger partial charge in [0.1, 0.15) is 0 Å². The monoisotopic (exact) mass is 241 g/mol. The van der Waals surface area contributed by atoms with Crippen molar-refractivity contribution >= 4 is 11.9 Å². The average molecular weight is 241 g/mol. The topological polar surface area (TPSA) is 94.3 Å². The number of aryl methyl sites for hydroxylation is 1. The van der Waals surface area contributed by atoms with Gasteiger partial charge in [-0.05, 0) is 13.3 Å². The maximum Gasteiger partial charge on any atom is 0.311 e. The molecule has 0 amide bonds. The zero-order valence-electron chi connectivity index (χ0n) is 9.63. The fourth-order valence-corrected chi connectivity index (χ4v) is 1.34. The molecule has 0 aliphatic rings. The lowest BCUT2D eigenvalue weighted by molar-refractivity contribution is -0.142. The number of aromatic nitrogens is 3. The van der Waals surface area contributed by atoms with E-state index in [0.29, 0.717) is 25.3 Å². The number of hydrogen-bond donors (Lipinski definition) is 1. The molecule has 0 radical (unpaired) electrons. The van der Waals surface area contributed by atoms with E-state index in [1.165, 1.54) is 10.9 Å². The van der Waals surface area contributed by atoms with Gasteiger partial charge >= 0.3 is 11.9 Å². The molecule has 7 nitrogen and oxygen atoms in total. The highest BCUT2D eigenvalue weighted by atomic mass is 16.5. The number of carbonyl (C=O) groups excluding carboxylic acids is 1. The maximum atomic E-state index is 11.3. The van der Waals surface area contributed by atoms with Crippen LogP contribution < -0.4 is 0 Å². The van der Waals surface area contributed by atoms with Crippen LogP contribution in [0.4, 0.5) is 0 Å². The Labute approximate surface area is 98.4 Å². The molecule has 0 atom stereocenters. The lowest BCUT2D eigenvalue weighted by Crippen LogP contribution is -2.13. The summed E-state index contributed by atoms with van der Waals surface area (Å²) in [5, 5.41) is 16.0. The van der Waals surface area contributed by atoms with Crippen LogP contribution in [0.15, 0.2) is 6.20 Å². The van der Waals surface area contributed by atoms with E-state index in [4.69, 9.17) is 9.84 Å². The molecule has 0 bridgehead atoms. The van der Waals surface area contributed by atoms with Gasteiger partial charge in [0, 0.05) is 13.0 Å². The van der Waals surface area contributed by atoms with Gasteiger partial charge in [-0.25, -0.2) is 4.68 Å². The number of carboxylic acids is 1. The lowest BCUT2D eigenvalue weighted by Gasteiger charge is -2.04. The molecule has 0 saturated heterocycles. The van der Waals surface area contributed by atoms with Gasteiger partial charge in [0.05, 0.1) is 24.9 Å². The Hall–Kier alpha value is -1.92. The number of carbonyl (C=O) groups is 2. The second kappa shape index (κ2) is 6.62. The molecule has 17 heavy (non-hydrogen) atoms. The normalized spacial score (nSPS) is 10.2. The number of ether oxygens (including phenoxy) is 1. The summed E-state index contributed by atoms with van der Waals surface area (Å²) in [5.41, 5.74) is 0.633. The number of aliphatic carboxylic acids is 1. The molecule has 7 heteroatoms. The van der Waals surface area contributed by atoms with Crippen molar-refractivity contribution in [3.05, 3.63) is 11.9 Å². The minimum absolute atomic E-state index is 0.0682. The van der Waals surface area contributed by atoms with Crippen LogP contribution in [0.5, 0.6) is 0 Å². The van der Waals surface area contributed by atoms with Crippen molar-refractivity contribution in [2.75, 3.05) is 6.61 Å². The highest BCUT2D eigenvalue weighted by Crippen LogP contribution is 2.02. The predicted molar refractivity (Wildman–Crippen MR) is 57.2 cm³/mol. The summed E-state index contributed by atoms with van der Waals surface area (Å²) in [6.45, 7) is 2.50. The zero-order chi connectivity index (χ0) is 12.7. The van der Waals surface area contributed by atoms with Gasteiger partial charge in [0.15, 0.2) is 0 Å². The largest absolute Gasteiger partial charge is 0.481 e. The van der Waals surface area contributed by atoms with Crippen LogP contribution in [0, 0.1) is 0 Å². The van der Waals surface area contributed by atoms with Crippen molar-refractivity contribution in [3.8, 4) is 0 Å². The SMILES string of the molecule is CCOC(=O)Cc1cnnn1CCCC(=O)O. The van der Waals surface area contributed by atoms with E-state index < -0.39 is 5.97 Å². The van der Waals surface area contributed by atoms with Crippen LogP contribution in [-0.4, -0.2) is 38.6 Å². The lowest BCUT2D eigenvalue weighted by atomic mass is 10.3. The summed E-state index contributed by atoms with van der Waals surface area (Å²) >= 11 is 0. The molecule has 0 unspecified atom stereocenters. The van der Waals surface area contributed by atoms with E-state index in [0.717, 1.165) is 0 Å². The second-order valence-corrected chi connectivity index (χ2v) is 3.43. The van der Waals surface area contributed by atoms with E-state index in [1.807, 2.05) is 0 Å². The molecule has 94 valence electrons. The van der Waals surface area contributed by atoms with Crippen molar-refractivity contribution in [1.29, 1.82) is 0 Å². The van der Waals surface area contributed by atoms with Gasteiger partial charge in [-0.15, -0.1) is 5.10 Å². The number of rotatable bonds is 7. The van der Waals surface area contributed by atoms with Crippen LogP contribution in [0.1, 0.15) is 25.5 Å². The third-order valence-electron chi connectivity index (χ3n) is 2.09. The van der Waals surface area contributed by atoms with Crippen LogP contribution in [0.25, 0.3) is 0 Å². The second-order valence-electron chi connectivity index (χ2n) is 3.43. The summed E-state index contributed by atoms with van der Waals surface area (Å²) in [6, 6.07) is 0. The van der Waals surface area contributed by atoms with E-state index in [1.54, 1.807) is 6.92 Å². The molecule has 0 aliphatic carbocycles. The number of carboxylic acid groups (broad SMARTS) is 1. The minimum atomic E-state index is -0.850. The van der Waals surface area contributed by atoms with Gasteiger partial charge in [0.2, 0.25) is 0 Å². The van der Waals surface area contributed by atoms with E-state index in [-0.39, 0.29) is 18.8 Å². The third kappa shape index (κ3) is 4.62. The first-order valence-corrected chi connectivity index (χ1v) is 5.38.